The molecule has 1 nitrogen and oxygen atoms in total. The second kappa shape index (κ2) is 6.47. The third kappa shape index (κ3) is 3.57. The molecule has 1 aliphatic rings. The SMILES string of the molecule is CCCC1CC(C)[C@@H](C)C1.CN. The molecule has 0 aromatic rings. The van der Waals surface area contributed by atoms with E-state index in [1.54, 1.807) is 0 Å². The fraction of sp³-hybridized carbons (Fsp3) is 1.00. The van der Waals surface area contributed by atoms with Crippen LogP contribution in [0, 0.1) is 17.8 Å². The van der Waals surface area contributed by atoms with E-state index in [-0.39, 0.29) is 0 Å². The van der Waals surface area contributed by atoms with E-state index in [0.717, 1.165) is 17.8 Å². The lowest BCUT2D eigenvalue weighted by atomic mass is 10.0. The maximum Gasteiger partial charge on any atom is -0.0195 e. The second-order valence-corrected chi connectivity index (χ2v) is 4.08. The van der Waals surface area contributed by atoms with Gasteiger partial charge >= 0.3 is 0 Å². The molecule has 3 atom stereocenters. The van der Waals surface area contributed by atoms with Gasteiger partial charge in [-0.25, -0.2) is 0 Å². The van der Waals surface area contributed by atoms with Gasteiger partial charge < -0.3 is 5.73 Å². The summed E-state index contributed by atoms with van der Waals surface area (Å²) in [6, 6.07) is 0. The summed E-state index contributed by atoms with van der Waals surface area (Å²) in [6.07, 6.45) is 5.84. The number of nitrogens with two attached hydrogens (primary N) is 1. The molecular weight excluding hydrogens is 146 g/mol. The Morgan fingerprint density at radius 3 is 1.83 bits per heavy atom. The van der Waals surface area contributed by atoms with Gasteiger partial charge in [0.15, 0.2) is 0 Å². The standard InChI is InChI=1S/C10H20.CH5N/c1-4-5-10-6-8(2)9(3)7-10;1-2/h8-10H,4-7H2,1-3H3;2H2,1H3/t8-,9?,10?;/m0./s1. The van der Waals surface area contributed by atoms with Crippen molar-refractivity contribution in [2.45, 2.75) is 46.5 Å². The van der Waals surface area contributed by atoms with Gasteiger partial charge in [0.2, 0.25) is 0 Å². The van der Waals surface area contributed by atoms with Gasteiger partial charge in [0.05, 0.1) is 0 Å². The fourth-order valence-corrected chi connectivity index (χ4v) is 2.26. The Morgan fingerprint density at radius 1 is 1.08 bits per heavy atom. The van der Waals surface area contributed by atoms with Gasteiger partial charge in [-0.15, -0.1) is 0 Å². The lowest BCUT2D eigenvalue weighted by Crippen LogP contribution is -1.95. The molecule has 1 heteroatoms. The molecule has 1 fully saturated rings. The van der Waals surface area contributed by atoms with Crippen LogP contribution in [0.15, 0.2) is 0 Å². The van der Waals surface area contributed by atoms with Crippen LogP contribution in [0.4, 0.5) is 0 Å². The van der Waals surface area contributed by atoms with E-state index in [2.05, 4.69) is 26.5 Å². The molecule has 1 saturated carbocycles. The summed E-state index contributed by atoms with van der Waals surface area (Å²) in [5.74, 6) is 3.06. The Bertz CT molecular complexity index is 91.2. The average Bonchev–Trinajstić information content (AvgIpc) is 2.36. The lowest BCUT2D eigenvalue weighted by Gasteiger charge is -2.05. The summed E-state index contributed by atoms with van der Waals surface area (Å²) in [5, 5.41) is 0. The van der Waals surface area contributed by atoms with Crippen LogP contribution in [0.25, 0.3) is 0 Å². The zero-order valence-electron chi connectivity index (χ0n) is 9.14. The van der Waals surface area contributed by atoms with E-state index >= 15 is 0 Å². The van der Waals surface area contributed by atoms with Gasteiger partial charge in [-0.2, -0.15) is 0 Å². The van der Waals surface area contributed by atoms with E-state index in [1.807, 2.05) is 0 Å². The first kappa shape index (κ1) is 12.0. The van der Waals surface area contributed by atoms with E-state index in [0.29, 0.717) is 0 Å². The van der Waals surface area contributed by atoms with Crippen molar-refractivity contribution in [1.82, 2.24) is 0 Å². The maximum atomic E-state index is 4.50. The van der Waals surface area contributed by atoms with E-state index in [4.69, 9.17) is 0 Å². The molecule has 1 aliphatic carbocycles. The van der Waals surface area contributed by atoms with Gasteiger partial charge in [-0.05, 0) is 37.6 Å². The largest absolute Gasteiger partial charge is 0.333 e. The van der Waals surface area contributed by atoms with Crippen LogP contribution in [-0.2, 0) is 0 Å². The van der Waals surface area contributed by atoms with Crippen molar-refractivity contribution in [3.63, 3.8) is 0 Å². The van der Waals surface area contributed by atoms with Crippen LogP contribution < -0.4 is 5.73 Å². The molecule has 12 heavy (non-hydrogen) atoms. The van der Waals surface area contributed by atoms with Crippen molar-refractivity contribution < 1.29 is 0 Å². The predicted molar refractivity (Wildman–Crippen MR) is 56.1 cm³/mol. The smallest absolute Gasteiger partial charge is 0.0195 e. The molecule has 0 heterocycles. The Balaban J connectivity index is 0.000000561. The number of rotatable bonds is 2. The molecule has 2 N–H and O–H groups in total. The molecule has 1 rings (SSSR count). The molecule has 0 spiro atoms. The zero-order chi connectivity index (χ0) is 9.56. The van der Waals surface area contributed by atoms with Crippen molar-refractivity contribution in [2.75, 3.05) is 7.05 Å². The van der Waals surface area contributed by atoms with Crippen LogP contribution in [0.3, 0.4) is 0 Å². The Hall–Kier alpha value is -0.0400. The van der Waals surface area contributed by atoms with Crippen LogP contribution in [-0.4, -0.2) is 7.05 Å². The molecule has 0 saturated heterocycles. The highest BCUT2D eigenvalue weighted by Crippen LogP contribution is 2.37. The molecule has 74 valence electrons. The second-order valence-electron chi connectivity index (χ2n) is 4.08. The zero-order valence-corrected chi connectivity index (χ0v) is 9.14. The summed E-state index contributed by atoms with van der Waals surface area (Å²) in [5.41, 5.74) is 4.50. The third-order valence-corrected chi connectivity index (χ3v) is 3.08. The normalized spacial score (nSPS) is 34.2. The molecule has 0 aliphatic heterocycles. The minimum atomic E-state index is 0.997. The van der Waals surface area contributed by atoms with Gasteiger partial charge in [0.1, 0.15) is 0 Å². The van der Waals surface area contributed by atoms with Crippen LogP contribution in [0.2, 0.25) is 0 Å². The highest BCUT2D eigenvalue weighted by Gasteiger charge is 2.26. The van der Waals surface area contributed by atoms with Gasteiger partial charge in [-0.1, -0.05) is 33.6 Å². The first-order chi connectivity index (χ1) is 5.74. The minimum Gasteiger partial charge on any atom is -0.333 e. The predicted octanol–water partition coefficient (Wildman–Crippen LogP) is 3.04. The highest BCUT2D eigenvalue weighted by molar-refractivity contribution is 4.77. The average molecular weight is 171 g/mol. The molecule has 2 unspecified atom stereocenters. The van der Waals surface area contributed by atoms with Gasteiger partial charge in [-0.3, -0.25) is 0 Å². The number of hydrogen-bond acceptors (Lipinski definition) is 1. The van der Waals surface area contributed by atoms with Crippen molar-refractivity contribution in [2.24, 2.45) is 23.5 Å². The van der Waals surface area contributed by atoms with Crippen molar-refractivity contribution in [1.29, 1.82) is 0 Å². The van der Waals surface area contributed by atoms with Crippen molar-refractivity contribution in [3.05, 3.63) is 0 Å². The topological polar surface area (TPSA) is 26.0 Å². The van der Waals surface area contributed by atoms with Crippen LogP contribution in [0.1, 0.15) is 46.5 Å². The van der Waals surface area contributed by atoms with Crippen molar-refractivity contribution >= 4 is 0 Å². The molecule has 0 aromatic carbocycles. The van der Waals surface area contributed by atoms with Crippen molar-refractivity contribution in [3.8, 4) is 0 Å². The number of hydrogen-bond donors (Lipinski definition) is 1. The van der Waals surface area contributed by atoms with Gasteiger partial charge in [0, 0.05) is 0 Å². The first-order valence-electron chi connectivity index (χ1n) is 5.31. The minimum absolute atomic E-state index is 0.997. The van der Waals surface area contributed by atoms with E-state index in [9.17, 15) is 0 Å². The summed E-state index contributed by atoms with van der Waals surface area (Å²) in [6.45, 7) is 7.11. The van der Waals surface area contributed by atoms with E-state index in [1.165, 1.54) is 32.7 Å². The Kier molecular flexibility index (Phi) is 6.45. The quantitative estimate of drug-likeness (QED) is 0.679. The molecule has 0 amide bonds. The lowest BCUT2D eigenvalue weighted by molar-refractivity contribution is 0.457. The Morgan fingerprint density at radius 2 is 1.50 bits per heavy atom. The van der Waals surface area contributed by atoms with Crippen LogP contribution >= 0.6 is 0 Å². The monoisotopic (exact) mass is 171 g/mol. The van der Waals surface area contributed by atoms with E-state index < -0.39 is 0 Å². The maximum absolute atomic E-state index is 4.50. The summed E-state index contributed by atoms with van der Waals surface area (Å²) in [4.78, 5) is 0. The molecular formula is C11H25N. The molecule has 0 radical (unpaired) electrons. The van der Waals surface area contributed by atoms with Crippen LogP contribution in [0.5, 0.6) is 0 Å². The Labute approximate surface area is 77.7 Å². The molecule has 0 aromatic heterocycles. The molecule has 0 bridgehead atoms. The summed E-state index contributed by atoms with van der Waals surface area (Å²) >= 11 is 0. The third-order valence-electron chi connectivity index (χ3n) is 3.08. The summed E-state index contributed by atoms with van der Waals surface area (Å²) < 4.78 is 0. The first-order valence-corrected chi connectivity index (χ1v) is 5.31. The summed E-state index contributed by atoms with van der Waals surface area (Å²) in [7, 11) is 1.50. The van der Waals surface area contributed by atoms with Gasteiger partial charge in [0.25, 0.3) is 0 Å². The fourth-order valence-electron chi connectivity index (χ4n) is 2.26. The highest BCUT2D eigenvalue weighted by atomic mass is 14.4.